The lowest BCUT2D eigenvalue weighted by atomic mass is 9.74. The van der Waals surface area contributed by atoms with Crippen molar-refractivity contribution in [1.82, 2.24) is 19.5 Å². The van der Waals surface area contributed by atoms with Crippen molar-refractivity contribution in [3.8, 4) is 39.9 Å². The van der Waals surface area contributed by atoms with Crippen molar-refractivity contribution >= 4 is 21.8 Å². The van der Waals surface area contributed by atoms with Crippen LogP contribution in [0.25, 0.3) is 61.7 Å². The molecule has 0 radical (unpaired) electrons. The maximum atomic E-state index is 5.00. The Morgan fingerprint density at radius 1 is 0.500 bits per heavy atom. The molecule has 0 unspecified atom stereocenters. The molecule has 0 saturated heterocycles. The Hall–Kier alpha value is -5.09. The largest absolute Gasteiger partial charge is 0.309 e. The summed E-state index contributed by atoms with van der Waals surface area (Å²) in [5, 5.41) is 2.56. The van der Waals surface area contributed by atoms with Crippen LogP contribution in [0.5, 0.6) is 0 Å². The highest BCUT2D eigenvalue weighted by Gasteiger charge is 2.35. The van der Waals surface area contributed by atoms with E-state index in [0.29, 0.717) is 17.5 Å². The fourth-order valence-electron chi connectivity index (χ4n) is 6.24. The van der Waals surface area contributed by atoms with Crippen molar-refractivity contribution in [2.75, 3.05) is 0 Å². The lowest BCUT2D eigenvalue weighted by Gasteiger charge is -2.35. The van der Waals surface area contributed by atoms with Crippen LogP contribution >= 0.6 is 0 Å². The van der Waals surface area contributed by atoms with Gasteiger partial charge in [0.15, 0.2) is 17.5 Å². The zero-order valence-corrected chi connectivity index (χ0v) is 22.3. The van der Waals surface area contributed by atoms with Crippen LogP contribution in [0.2, 0.25) is 0 Å². The Balaban J connectivity index is 1.40. The first-order valence-corrected chi connectivity index (χ1v) is 13.6. The van der Waals surface area contributed by atoms with Crippen molar-refractivity contribution in [3.63, 3.8) is 0 Å². The minimum atomic E-state index is -0.152. The Morgan fingerprint density at radius 2 is 1.07 bits per heavy atom. The summed E-state index contributed by atoms with van der Waals surface area (Å²) < 4.78 is 2.43. The molecule has 0 N–H and O–H groups in total. The third kappa shape index (κ3) is 3.29. The van der Waals surface area contributed by atoms with Crippen LogP contribution in [0.15, 0.2) is 121 Å². The molecule has 0 amide bonds. The summed E-state index contributed by atoms with van der Waals surface area (Å²) >= 11 is 0. The van der Waals surface area contributed by atoms with E-state index in [4.69, 9.17) is 15.0 Å². The summed E-state index contributed by atoms with van der Waals surface area (Å²) in [5.74, 6) is 2.00. The van der Waals surface area contributed by atoms with E-state index in [9.17, 15) is 0 Å². The minimum Gasteiger partial charge on any atom is -0.309 e. The molecule has 40 heavy (non-hydrogen) atoms. The number of fused-ring (bicyclic) bond motifs is 5. The van der Waals surface area contributed by atoms with Crippen LogP contribution in [0.4, 0.5) is 0 Å². The highest BCUT2D eigenvalue weighted by Crippen LogP contribution is 2.48. The average Bonchev–Trinajstić information content (AvgIpc) is 3.35. The lowest BCUT2D eigenvalue weighted by Crippen LogP contribution is -2.26. The van der Waals surface area contributed by atoms with Gasteiger partial charge in [-0.1, -0.05) is 123 Å². The molecule has 7 aromatic rings. The third-order valence-electron chi connectivity index (χ3n) is 8.24. The SMILES string of the molecule is CC1(C)c2ccc(-c3nc(-c4ccccc4)nc(-c4ccccc4)n3)cc2-n2c3ccccc3c3cccc1c32. The summed E-state index contributed by atoms with van der Waals surface area (Å²) in [5.41, 5.74) is 9.06. The zero-order valence-electron chi connectivity index (χ0n) is 22.3. The van der Waals surface area contributed by atoms with E-state index in [1.54, 1.807) is 0 Å². The summed E-state index contributed by atoms with van der Waals surface area (Å²) in [7, 11) is 0. The normalized spacial score (nSPS) is 13.4. The maximum absolute atomic E-state index is 5.00. The van der Waals surface area contributed by atoms with Crippen LogP contribution in [0.3, 0.4) is 0 Å². The first-order valence-electron chi connectivity index (χ1n) is 13.6. The summed E-state index contributed by atoms with van der Waals surface area (Å²) in [6.07, 6.45) is 0. The van der Waals surface area contributed by atoms with Gasteiger partial charge >= 0.3 is 0 Å². The van der Waals surface area contributed by atoms with Crippen molar-refractivity contribution in [2.24, 2.45) is 0 Å². The minimum absolute atomic E-state index is 0.152. The number of rotatable bonds is 3. The number of nitrogens with zero attached hydrogens (tertiary/aromatic N) is 4. The van der Waals surface area contributed by atoms with E-state index in [2.05, 4.69) is 79.1 Å². The quantitative estimate of drug-likeness (QED) is 0.237. The highest BCUT2D eigenvalue weighted by molar-refractivity contribution is 6.11. The van der Waals surface area contributed by atoms with E-state index >= 15 is 0 Å². The van der Waals surface area contributed by atoms with Crippen LogP contribution in [-0.2, 0) is 5.41 Å². The maximum Gasteiger partial charge on any atom is 0.164 e. The van der Waals surface area contributed by atoms with Crippen molar-refractivity contribution < 1.29 is 0 Å². The van der Waals surface area contributed by atoms with Crippen LogP contribution in [0.1, 0.15) is 25.0 Å². The number of para-hydroxylation sites is 2. The van der Waals surface area contributed by atoms with Crippen molar-refractivity contribution in [3.05, 3.63) is 132 Å². The van der Waals surface area contributed by atoms with Crippen LogP contribution < -0.4 is 0 Å². The van der Waals surface area contributed by atoms with Gasteiger partial charge in [-0.3, -0.25) is 0 Å². The first-order chi connectivity index (χ1) is 19.6. The van der Waals surface area contributed by atoms with Gasteiger partial charge < -0.3 is 4.57 Å². The number of hydrogen-bond donors (Lipinski definition) is 0. The summed E-state index contributed by atoms with van der Waals surface area (Å²) in [6.45, 7) is 4.65. The molecule has 4 nitrogen and oxygen atoms in total. The molecule has 2 aromatic heterocycles. The number of hydrogen-bond acceptors (Lipinski definition) is 3. The van der Waals surface area contributed by atoms with Gasteiger partial charge in [0.05, 0.1) is 16.7 Å². The summed E-state index contributed by atoms with van der Waals surface area (Å²) in [6, 6.07) is 42.3. The van der Waals surface area contributed by atoms with Gasteiger partial charge in [0, 0.05) is 32.9 Å². The fraction of sp³-hybridized carbons (Fsp3) is 0.0833. The molecular formula is C36H26N4. The zero-order chi connectivity index (χ0) is 26.8. The lowest BCUT2D eigenvalue weighted by molar-refractivity contribution is 0.630. The second-order valence-corrected chi connectivity index (χ2v) is 10.9. The Kier molecular flexibility index (Phi) is 4.83. The van der Waals surface area contributed by atoms with E-state index in [0.717, 1.165) is 16.7 Å². The van der Waals surface area contributed by atoms with Crippen molar-refractivity contribution in [2.45, 2.75) is 19.3 Å². The average molecular weight is 515 g/mol. The predicted molar refractivity (Wildman–Crippen MR) is 163 cm³/mol. The molecule has 0 fully saturated rings. The smallest absolute Gasteiger partial charge is 0.164 e. The van der Waals surface area contributed by atoms with Gasteiger partial charge in [-0.25, -0.2) is 15.0 Å². The molecule has 4 heteroatoms. The van der Waals surface area contributed by atoms with Gasteiger partial charge in [0.2, 0.25) is 0 Å². The molecule has 3 heterocycles. The topological polar surface area (TPSA) is 43.6 Å². The fourth-order valence-corrected chi connectivity index (χ4v) is 6.24. The molecule has 1 aliphatic heterocycles. The standard InChI is InChI=1S/C36H26N4/c1-36(2)28-21-20-25(22-31(28)40-30-19-10-9-16-26(30)27-17-11-18-29(36)32(27)40)35-38-33(23-12-5-3-6-13-23)37-34(39-35)24-14-7-4-8-15-24/h3-22H,1-2H3. The Bertz CT molecular complexity index is 2010. The second kappa shape index (κ2) is 8.45. The van der Waals surface area contributed by atoms with E-state index < -0.39 is 0 Å². The van der Waals surface area contributed by atoms with E-state index in [1.165, 1.54) is 38.6 Å². The number of aromatic nitrogens is 4. The molecule has 1 aliphatic rings. The highest BCUT2D eigenvalue weighted by atomic mass is 15.0. The molecule has 0 bridgehead atoms. The molecule has 5 aromatic carbocycles. The molecule has 0 aliphatic carbocycles. The van der Waals surface area contributed by atoms with Crippen LogP contribution in [0, 0.1) is 0 Å². The second-order valence-electron chi connectivity index (χ2n) is 10.9. The Morgan fingerprint density at radius 3 is 1.75 bits per heavy atom. The molecular weight excluding hydrogens is 488 g/mol. The van der Waals surface area contributed by atoms with Gasteiger partial charge in [-0.15, -0.1) is 0 Å². The van der Waals surface area contributed by atoms with Gasteiger partial charge in [-0.2, -0.15) is 0 Å². The van der Waals surface area contributed by atoms with E-state index in [1.807, 2.05) is 60.7 Å². The monoisotopic (exact) mass is 514 g/mol. The molecule has 0 spiro atoms. The van der Waals surface area contributed by atoms with E-state index in [-0.39, 0.29) is 5.41 Å². The third-order valence-corrected chi connectivity index (χ3v) is 8.24. The van der Waals surface area contributed by atoms with Crippen molar-refractivity contribution in [1.29, 1.82) is 0 Å². The molecule has 0 atom stereocenters. The molecule has 0 saturated carbocycles. The van der Waals surface area contributed by atoms with Gasteiger partial charge in [0.25, 0.3) is 0 Å². The predicted octanol–water partition coefficient (Wildman–Crippen LogP) is 8.61. The Labute approximate surface area is 232 Å². The van der Waals surface area contributed by atoms with Gasteiger partial charge in [0.1, 0.15) is 0 Å². The molecule has 190 valence electrons. The molecule has 8 rings (SSSR count). The van der Waals surface area contributed by atoms with Gasteiger partial charge in [-0.05, 0) is 23.3 Å². The summed E-state index contributed by atoms with van der Waals surface area (Å²) in [4.78, 5) is 14.9. The first kappa shape index (κ1) is 22.9. The number of benzene rings is 5. The van der Waals surface area contributed by atoms with Crippen LogP contribution in [-0.4, -0.2) is 19.5 Å².